The fourth-order valence-corrected chi connectivity index (χ4v) is 5.54. The molecule has 5 atom stereocenters. The first-order chi connectivity index (χ1) is 14.9. The molecule has 1 amide bonds. The number of hydrogen-bond donors (Lipinski definition) is 2. The van der Waals surface area contributed by atoms with Crippen LogP contribution in [0.4, 0.5) is 15.9 Å². The fraction of sp³-hybridized carbons (Fsp3) is 0.476. The van der Waals surface area contributed by atoms with Crippen molar-refractivity contribution in [3.8, 4) is 0 Å². The first-order valence-corrected chi connectivity index (χ1v) is 10.6. The van der Waals surface area contributed by atoms with Crippen LogP contribution < -0.4 is 11.1 Å². The molecule has 3 N–H and O–H groups in total. The number of nitrogens with zero attached hydrogens (tertiary/aromatic N) is 4. The Morgan fingerprint density at radius 1 is 1.42 bits per heavy atom. The topological polar surface area (TPSA) is 114 Å². The number of fused-ring (bicyclic) bond motifs is 2. The molecule has 8 nitrogen and oxygen atoms in total. The van der Waals surface area contributed by atoms with Crippen molar-refractivity contribution in [1.29, 1.82) is 0 Å². The Bertz CT molecular complexity index is 992. The summed E-state index contributed by atoms with van der Waals surface area (Å²) in [5.41, 5.74) is 7.11. The molecule has 1 aromatic heterocycles. The van der Waals surface area contributed by atoms with E-state index in [0.29, 0.717) is 18.2 Å². The third-order valence-electron chi connectivity index (χ3n) is 6.50. The molecule has 31 heavy (non-hydrogen) atoms. The van der Waals surface area contributed by atoms with Gasteiger partial charge in [0, 0.05) is 19.1 Å². The molecule has 0 radical (unpaired) electrons. The van der Waals surface area contributed by atoms with Crippen LogP contribution in [0.15, 0.2) is 35.6 Å². The maximum atomic E-state index is 14.2. The van der Waals surface area contributed by atoms with Crippen molar-refractivity contribution in [1.82, 2.24) is 14.9 Å². The molecule has 2 saturated carbocycles. The number of amides is 1. The number of hydrogen-bond acceptors (Lipinski definition) is 7. The molecular formula is C21H24ClFN6O2. The van der Waals surface area contributed by atoms with Gasteiger partial charge in [-0.15, -0.1) is 4.91 Å². The van der Waals surface area contributed by atoms with Gasteiger partial charge >= 0.3 is 0 Å². The van der Waals surface area contributed by atoms with E-state index < -0.39 is 5.82 Å². The third-order valence-corrected chi connectivity index (χ3v) is 6.69. The number of carbonyl (C=O) groups excluding carboxylic acids is 1. The molecule has 164 valence electrons. The maximum absolute atomic E-state index is 14.2. The minimum absolute atomic E-state index is 0.00548. The number of halogens is 2. The highest BCUT2D eigenvalue weighted by Gasteiger charge is 2.55. The van der Waals surface area contributed by atoms with Crippen LogP contribution >= 0.6 is 11.6 Å². The van der Waals surface area contributed by atoms with E-state index in [2.05, 4.69) is 25.4 Å². The first kappa shape index (κ1) is 21.6. The molecule has 2 aliphatic rings. The van der Waals surface area contributed by atoms with Gasteiger partial charge in [0.15, 0.2) is 11.6 Å². The minimum Gasteiger partial charge on any atom is -0.369 e. The number of rotatable bonds is 8. The molecule has 2 aromatic rings. The zero-order chi connectivity index (χ0) is 22.1. The Morgan fingerprint density at radius 2 is 2.23 bits per heavy atom. The summed E-state index contributed by atoms with van der Waals surface area (Å²) in [5.74, 6) is -0.759. The second-order valence-electron chi connectivity index (χ2n) is 8.55. The van der Waals surface area contributed by atoms with Crippen molar-refractivity contribution in [2.75, 3.05) is 18.9 Å². The van der Waals surface area contributed by atoms with E-state index >= 15 is 0 Å². The Kier molecular flexibility index (Phi) is 6.15. The van der Waals surface area contributed by atoms with Crippen LogP contribution in [-0.2, 0) is 11.3 Å². The van der Waals surface area contributed by atoms with Crippen LogP contribution in [-0.4, -0.2) is 40.4 Å². The van der Waals surface area contributed by atoms with Crippen molar-refractivity contribution in [2.24, 2.45) is 34.6 Å². The summed E-state index contributed by atoms with van der Waals surface area (Å²) in [7, 11) is 2.02. The SMILES string of the molecule is CN(Cc1cccc(N=O)c1)C[C@@H]1C[C@@H]2C[C@H]1[C@@H](Nc1nc(Cl)ncc1F)[C@H]2C(N)=O. The van der Waals surface area contributed by atoms with Gasteiger partial charge in [-0.1, -0.05) is 12.1 Å². The van der Waals surface area contributed by atoms with Gasteiger partial charge in [-0.2, -0.15) is 4.98 Å². The number of anilines is 1. The summed E-state index contributed by atoms with van der Waals surface area (Å²) in [4.78, 5) is 32.7. The monoisotopic (exact) mass is 446 g/mol. The molecule has 0 aliphatic heterocycles. The van der Waals surface area contributed by atoms with Crippen molar-refractivity contribution in [3.63, 3.8) is 0 Å². The van der Waals surface area contributed by atoms with Gasteiger partial charge in [0.1, 0.15) is 5.69 Å². The molecule has 2 fully saturated rings. The maximum Gasteiger partial charge on any atom is 0.224 e. The Morgan fingerprint density at radius 3 is 2.97 bits per heavy atom. The molecule has 0 saturated heterocycles. The second kappa shape index (κ2) is 8.84. The molecule has 4 rings (SSSR count). The van der Waals surface area contributed by atoms with Crippen molar-refractivity contribution >= 4 is 29.0 Å². The highest BCUT2D eigenvalue weighted by molar-refractivity contribution is 6.28. The third kappa shape index (κ3) is 4.52. The summed E-state index contributed by atoms with van der Waals surface area (Å²) in [6, 6.07) is 6.92. The molecule has 1 aromatic carbocycles. The van der Waals surface area contributed by atoms with Crippen LogP contribution in [0.1, 0.15) is 18.4 Å². The van der Waals surface area contributed by atoms with Crippen molar-refractivity contribution in [3.05, 3.63) is 52.0 Å². The van der Waals surface area contributed by atoms with Gasteiger partial charge in [0.05, 0.1) is 12.1 Å². The van der Waals surface area contributed by atoms with Crippen molar-refractivity contribution in [2.45, 2.75) is 25.4 Å². The van der Waals surface area contributed by atoms with Crippen molar-refractivity contribution < 1.29 is 9.18 Å². The lowest BCUT2D eigenvalue weighted by Gasteiger charge is -2.36. The average molecular weight is 447 g/mol. The van der Waals surface area contributed by atoms with E-state index in [4.69, 9.17) is 17.3 Å². The molecular weight excluding hydrogens is 423 g/mol. The normalized spacial score (nSPS) is 26.9. The van der Waals surface area contributed by atoms with E-state index in [0.717, 1.165) is 31.1 Å². The van der Waals surface area contributed by atoms with Gasteiger partial charge in [0.25, 0.3) is 0 Å². The van der Waals surface area contributed by atoms with E-state index in [-0.39, 0.29) is 40.8 Å². The second-order valence-corrected chi connectivity index (χ2v) is 8.89. The van der Waals surface area contributed by atoms with E-state index in [9.17, 15) is 14.1 Å². The van der Waals surface area contributed by atoms with Gasteiger partial charge in [-0.05, 0) is 72.1 Å². The van der Waals surface area contributed by atoms with Crippen LogP contribution in [0.3, 0.4) is 0 Å². The molecule has 1 heterocycles. The van der Waals surface area contributed by atoms with Crippen LogP contribution in [0.25, 0.3) is 0 Å². The number of primary amides is 1. The lowest BCUT2D eigenvalue weighted by molar-refractivity contribution is -0.123. The largest absolute Gasteiger partial charge is 0.369 e. The van der Waals surface area contributed by atoms with Gasteiger partial charge < -0.3 is 16.0 Å². The predicted octanol–water partition coefficient (Wildman–Crippen LogP) is 3.34. The zero-order valence-electron chi connectivity index (χ0n) is 17.0. The van der Waals surface area contributed by atoms with E-state index in [1.807, 2.05) is 19.2 Å². The summed E-state index contributed by atoms with van der Waals surface area (Å²) in [6.07, 6.45) is 2.76. The minimum atomic E-state index is -0.618. The molecule has 2 bridgehead atoms. The summed E-state index contributed by atoms with van der Waals surface area (Å²) < 4.78 is 14.2. The number of nitrogens with two attached hydrogens (primary N) is 1. The van der Waals surface area contributed by atoms with Crippen LogP contribution in [0, 0.1) is 34.4 Å². The fourth-order valence-electron chi connectivity index (χ4n) is 5.40. The molecule has 2 aliphatic carbocycles. The standard InChI is InChI=1S/C21H24ClFN6O2/c1-29(9-11-3-2-4-14(5-11)28-31)10-13-6-12-7-15(13)18(17(12)19(24)30)26-20-16(23)8-25-21(22)27-20/h2-5,8,12-13,15,17-18H,6-7,9-10H2,1H3,(H2,24,30)(H,25,26,27)/t12-,13+,15-,17+,18-/m1/s1. The summed E-state index contributed by atoms with van der Waals surface area (Å²) >= 11 is 5.82. The predicted molar refractivity (Wildman–Crippen MR) is 115 cm³/mol. The van der Waals surface area contributed by atoms with Gasteiger partial charge in [-0.25, -0.2) is 9.37 Å². The number of nitroso groups, excluding NO2 is 1. The van der Waals surface area contributed by atoms with E-state index in [1.54, 1.807) is 12.1 Å². The Balaban J connectivity index is 1.47. The average Bonchev–Trinajstić information content (AvgIpc) is 3.28. The number of nitrogens with one attached hydrogen (secondary N) is 1. The number of aromatic nitrogens is 2. The Labute approximate surface area is 184 Å². The van der Waals surface area contributed by atoms with Crippen LogP contribution in [0.5, 0.6) is 0 Å². The summed E-state index contributed by atoms with van der Waals surface area (Å²) in [5, 5.41) is 6.03. The molecule has 0 unspecified atom stereocenters. The first-order valence-electron chi connectivity index (χ1n) is 10.2. The van der Waals surface area contributed by atoms with Gasteiger partial charge in [0.2, 0.25) is 11.2 Å². The number of carbonyl (C=O) groups is 1. The lowest BCUT2D eigenvalue weighted by atomic mass is 9.77. The highest BCUT2D eigenvalue weighted by Crippen LogP contribution is 2.53. The summed E-state index contributed by atoms with van der Waals surface area (Å²) in [6.45, 7) is 1.47. The van der Waals surface area contributed by atoms with Crippen LogP contribution in [0.2, 0.25) is 5.28 Å². The van der Waals surface area contributed by atoms with E-state index in [1.165, 1.54) is 0 Å². The zero-order valence-corrected chi connectivity index (χ0v) is 17.8. The van der Waals surface area contributed by atoms with Gasteiger partial charge in [-0.3, -0.25) is 4.79 Å². The lowest BCUT2D eigenvalue weighted by Crippen LogP contribution is -2.47. The smallest absolute Gasteiger partial charge is 0.224 e. The number of benzene rings is 1. The Hall–Kier alpha value is -2.65. The highest BCUT2D eigenvalue weighted by atomic mass is 35.5. The molecule has 0 spiro atoms. The molecule has 10 heteroatoms. The quantitative estimate of drug-likeness (QED) is 0.475.